The molecular weight excluding hydrogens is 318 g/mol. The Bertz CT molecular complexity index is 605. The first-order valence-electron chi connectivity index (χ1n) is 9.12. The van der Waals surface area contributed by atoms with E-state index < -0.39 is 5.41 Å². The number of urea groups is 1. The number of carbonyl (C=O) groups excluding carboxylic acids is 2. The Kier molecular flexibility index (Phi) is 5.58. The van der Waals surface area contributed by atoms with Gasteiger partial charge in [0.15, 0.2) is 0 Å². The molecule has 0 saturated carbocycles. The van der Waals surface area contributed by atoms with E-state index >= 15 is 0 Å². The molecule has 2 heterocycles. The van der Waals surface area contributed by atoms with Crippen LogP contribution in [0, 0.1) is 5.41 Å². The third-order valence-electron chi connectivity index (χ3n) is 5.37. The van der Waals surface area contributed by atoms with Gasteiger partial charge in [-0.1, -0.05) is 30.3 Å². The van der Waals surface area contributed by atoms with E-state index in [0.717, 1.165) is 25.7 Å². The van der Waals surface area contributed by atoms with E-state index in [9.17, 15) is 9.59 Å². The molecule has 1 spiro atoms. The zero-order chi connectivity index (χ0) is 17.7. The van der Waals surface area contributed by atoms with Gasteiger partial charge in [-0.05, 0) is 31.2 Å². The highest BCUT2D eigenvalue weighted by Crippen LogP contribution is 2.39. The Labute approximate surface area is 148 Å². The maximum absolute atomic E-state index is 12.8. The monoisotopic (exact) mass is 345 g/mol. The van der Waals surface area contributed by atoms with Crippen LogP contribution in [-0.4, -0.2) is 66.2 Å². The van der Waals surface area contributed by atoms with Crippen LogP contribution in [0.1, 0.15) is 24.8 Å². The third-order valence-corrected chi connectivity index (χ3v) is 5.37. The van der Waals surface area contributed by atoms with E-state index in [1.165, 1.54) is 5.56 Å². The van der Waals surface area contributed by atoms with Crippen molar-refractivity contribution in [1.82, 2.24) is 15.1 Å². The van der Waals surface area contributed by atoms with Crippen molar-refractivity contribution in [2.45, 2.75) is 25.7 Å². The largest absolute Gasteiger partial charge is 0.395 e. The summed E-state index contributed by atoms with van der Waals surface area (Å²) in [5.74, 6) is 0.104. The molecule has 3 amide bonds. The zero-order valence-electron chi connectivity index (χ0n) is 14.6. The van der Waals surface area contributed by atoms with Gasteiger partial charge in [0.25, 0.3) is 0 Å². The number of aliphatic hydroxyl groups excluding tert-OH is 1. The highest BCUT2D eigenvalue weighted by Gasteiger charge is 2.49. The van der Waals surface area contributed by atoms with Gasteiger partial charge < -0.3 is 20.2 Å². The molecule has 2 N–H and O–H groups in total. The van der Waals surface area contributed by atoms with E-state index in [-0.39, 0.29) is 18.5 Å². The fraction of sp³-hybridized carbons (Fsp3) is 0.579. The smallest absolute Gasteiger partial charge is 0.317 e. The van der Waals surface area contributed by atoms with Crippen molar-refractivity contribution >= 4 is 11.9 Å². The number of carbonyl (C=O) groups is 2. The fourth-order valence-corrected chi connectivity index (χ4v) is 3.98. The molecule has 136 valence electrons. The molecule has 0 aliphatic carbocycles. The SMILES string of the molecule is O=C(NCCc1ccccc1)N1CCC2(CCCN(CCO)C2=O)C1. The summed E-state index contributed by atoms with van der Waals surface area (Å²) >= 11 is 0. The van der Waals surface area contributed by atoms with Crippen LogP contribution in [0.15, 0.2) is 30.3 Å². The molecule has 6 nitrogen and oxygen atoms in total. The van der Waals surface area contributed by atoms with E-state index in [0.29, 0.717) is 32.7 Å². The number of hydrogen-bond acceptors (Lipinski definition) is 3. The molecule has 0 radical (unpaired) electrons. The van der Waals surface area contributed by atoms with Crippen LogP contribution < -0.4 is 5.32 Å². The molecule has 2 aliphatic rings. The van der Waals surface area contributed by atoms with Gasteiger partial charge in [-0.15, -0.1) is 0 Å². The van der Waals surface area contributed by atoms with Crippen LogP contribution in [0.2, 0.25) is 0 Å². The molecule has 0 aromatic heterocycles. The summed E-state index contributed by atoms with van der Waals surface area (Å²) in [5, 5.41) is 12.1. The summed E-state index contributed by atoms with van der Waals surface area (Å²) in [6.07, 6.45) is 3.30. The van der Waals surface area contributed by atoms with Crippen molar-refractivity contribution in [3.8, 4) is 0 Å². The molecule has 1 aromatic carbocycles. The maximum atomic E-state index is 12.8. The van der Waals surface area contributed by atoms with Gasteiger partial charge in [0.05, 0.1) is 12.0 Å². The molecule has 3 rings (SSSR count). The second kappa shape index (κ2) is 7.87. The molecule has 2 aliphatic heterocycles. The Morgan fingerprint density at radius 3 is 2.76 bits per heavy atom. The van der Waals surface area contributed by atoms with Crippen LogP contribution in [0.4, 0.5) is 4.79 Å². The summed E-state index contributed by atoms with van der Waals surface area (Å²) in [4.78, 5) is 28.7. The summed E-state index contributed by atoms with van der Waals surface area (Å²) < 4.78 is 0. The summed E-state index contributed by atoms with van der Waals surface area (Å²) in [6.45, 7) is 2.80. The standard InChI is InChI=1S/C19H27N3O3/c23-14-13-21-11-4-8-19(17(21)24)9-12-22(15-19)18(25)20-10-7-16-5-2-1-3-6-16/h1-3,5-6,23H,4,7-15H2,(H,20,25). The van der Waals surface area contributed by atoms with Gasteiger partial charge in [0.2, 0.25) is 5.91 Å². The average molecular weight is 345 g/mol. The van der Waals surface area contributed by atoms with Gasteiger partial charge in [0.1, 0.15) is 0 Å². The van der Waals surface area contributed by atoms with E-state index in [2.05, 4.69) is 5.32 Å². The molecule has 0 bridgehead atoms. The van der Waals surface area contributed by atoms with Crippen molar-refractivity contribution in [3.05, 3.63) is 35.9 Å². The van der Waals surface area contributed by atoms with E-state index in [4.69, 9.17) is 5.11 Å². The first-order valence-corrected chi connectivity index (χ1v) is 9.12. The lowest BCUT2D eigenvalue weighted by molar-refractivity contribution is -0.146. The van der Waals surface area contributed by atoms with Crippen LogP contribution in [-0.2, 0) is 11.2 Å². The van der Waals surface area contributed by atoms with E-state index in [1.54, 1.807) is 9.80 Å². The highest BCUT2D eigenvalue weighted by atomic mass is 16.3. The minimum Gasteiger partial charge on any atom is -0.395 e. The quantitative estimate of drug-likeness (QED) is 0.843. The van der Waals surface area contributed by atoms with Gasteiger partial charge in [-0.3, -0.25) is 4.79 Å². The Balaban J connectivity index is 1.51. The van der Waals surface area contributed by atoms with Crippen molar-refractivity contribution < 1.29 is 14.7 Å². The predicted octanol–water partition coefficient (Wildman–Crippen LogP) is 1.25. The number of nitrogens with zero attached hydrogens (tertiary/aromatic N) is 2. The number of benzene rings is 1. The van der Waals surface area contributed by atoms with Crippen molar-refractivity contribution in [3.63, 3.8) is 0 Å². The molecule has 6 heteroatoms. The summed E-state index contributed by atoms with van der Waals surface area (Å²) in [7, 11) is 0. The lowest BCUT2D eigenvalue weighted by atomic mass is 9.78. The van der Waals surface area contributed by atoms with Crippen molar-refractivity contribution in [2.75, 3.05) is 39.3 Å². The van der Waals surface area contributed by atoms with Gasteiger partial charge in [-0.2, -0.15) is 0 Å². The van der Waals surface area contributed by atoms with E-state index in [1.807, 2.05) is 30.3 Å². The lowest BCUT2D eigenvalue weighted by Gasteiger charge is -2.39. The molecular formula is C19H27N3O3. The van der Waals surface area contributed by atoms with Gasteiger partial charge in [-0.25, -0.2) is 4.79 Å². The normalized spacial score (nSPS) is 23.3. The number of amides is 3. The number of rotatable bonds is 5. The molecule has 2 fully saturated rings. The summed E-state index contributed by atoms with van der Waals surface area (Å²) in [6, 6.07) is 9.98. The minimum absolute atomic E-state index is 0.00843. The Morgan fingerprint density at radius 2 is 2.00 bits per heavy atom. The molecule has 2 saturated heterocycles. The first-order chi connectivity index (χ1) is 12.1. The number of hydrogen-bond donors (Lipinski definition) is 2. The van der Waals surface area contributed by atoms with Crippen LogP contribution in [0.25, 0.3) is 0 Å². The Hall–Kier alpha value is -2.08. The third kappa shape index (κ3) is 3.95. The van der Waals surface area contributed by atoms with Gasteiger partial charge >= 0.3 is 6.03 Å². The number of β-amino-alcohol motifs (C(OH)–C–C–N with tert-alkyl or cyclic N) is 1. The number of nitrogens with one attached hydrogen (secondary N) is 1. The number of aliphatic hydroxyl groups is 1. The number of likely N-dealkylation sites (tertiary alicyclic amines) is 2. The van der Waals surface area contributed by atoms with Gasteiger partial charge in [0, 0.05) is 32.7 Å². The maximum Gasteiger partial charge on any atom is 0.317 e. The van der Waals surface area contributed by atoms with Crippen LogP contribution in [0.3, 0.4) is 0 Å². The minimum atomic E-state index is -0.440. The van der Waals surface area contributed by atoms with Crippen LogP contribution in [0.5, 0.6) is 0 Å². The highest BCUT2D eigenvalue weighted by molar-refractivity contribution is 5.85. The average Bonchev–Trinajstić information content (AvgIpc) is 3.05. The second-order valence-corrected chi connectivity index (χ2v) is 7.04. The molecule has 25 heavy (non-hydrogen) atoms. The second-order valence-electron chi connectivity index (χ2n) is 7.04. The molecule has 1 aromatic rings. The number of piperidine rings is 1. The first kappa shape index (κ1) is 17.7. The fourth-order valence-electron chi connectivity index (χ4n) is 3.98. The zero-order valence-corrected chi connectivity index (χ0v) is 14.6. The predicted molar refractivity (Wildman–Crippen MR) is 95.1 cm³/mol. The van der Waals surface area contributed by atoms with Crippen LogP contribution >= 0.6 is 0 Å². The molecule has 1 unspecified atom stereocenters. The molecule has 1 atom stereocenters. The Morgan fingerprint density at radius 1 is 1.20 bits per heavy atom. The topological polar surface area (TPSA) is 72.9 Å². The summed E-state index contributed by atoms with van der Waals surface area (Å²) in [5.41, 5.74) is 0.757. The van der Waals surface area contributed by atoms with Crippen molar-refractivity contribution in [2.24, 2.45) is 5.41 Å². The van der Waals surface area contributed by atoms with Crippen molar-refractivity contribution in [1.29, 1.82) is 0 Å². The lowest BCUT2D eigenvalue weighted by Crippen LogP contribution is -2.51.